The van der Waals surface area contributed by atoms with Crippen molar-refractivity contribution < 1.29 is 9.53 Å². The Balaban J connectivity index is 2.07. The van der Waals surface area contributed by atoms with Crippen molar-refractivity contribution in [3.63, 3.8) is 0 Å². The van der Waals surface area contributed by atoms with Crippen molar-refractivity contribution in [2.45, 2.75) is 17.3 Å². The summed E-state index contributed by atoms with van der Waals surface area (Å²) in [5.41, 5.74) is 1.15. The van der Waals surface area contributed by atoms with Gasteiger partial charge in [0.2, 0.25) is 0 Å². The van der Waals surface area contributed by atoms with Crippen LogP contribution in [-0.4, -0.2) is 36.8 Å². The molecule has 1 amide bonds. The third-order valence-electron chi connectivity index (χ3n) is 2.45. The van der Waals surface area contributed by atoms with Crippen LogP contribution >= 0.6 is 11.6 Å². The molecule has 1 unspecified atom stereocenters. The molecule has 0 spiro atoms. The molecule has 1 aliphatic rings. The average molecular weight is 315 g/mol. The number of ether oxygens (including phenoxy) is 1. The fraction of sp³-hybridized carbons (Fsp3) is 0.364. The number of aromatic nitrogens is 1. The van der Waals surface area contributed by atoms with Crippen LogP contribution in [0, 0.1) is 0 Å². The van der Waals surface area contributed by atoms with Gasteiger partial charge in [0.1, 0.15) is 0 Å². The van der Waals surface area contributed by atoms with Crippen LogP contribution in [0.15, 0.2) is 23.3 Å². The number of nitrogens with zero attached hydrogens (tertiary/aromatic N) is 2. The van der Waals surface area contributed by atoms with E-state index in [9.17, 15) is 4.79 Å². The Labute approximate surface area is 109 Å². The van der Waals surface area contributed by atoms with Crippen LogP contribution in [0.2, 0.25) is 10.4 Å². The number of halogens is 1. The van der Waals surface area contributed by atoms with Gasteiger partial charge in [-0.05, 0) is 0 Å². The summed E-state index contributed by atoms with van der Waals surface area (Å²) in [6.45, 7) is 2.52. The van der Waals surface area contributed by atoms with Crippen molar-refractivity contribution >= 4 is 36.8 Å². The van der Waals surface area contributed by atoms with Gasteiger partial charge in [0.15, 0.2) is 0 Å². The van der Waals surface area contributed by atoms with E-state index in [1.54, 1.807) is 12.3 Å². The maximum atomic E-state index is 11.0. The first-order valence-electron chi connectivity index (χ1n) is 5.28. The molecule has 0 bridgehead atoms. The molecule has 1 atom stereocenters. The zero-order valence-corrected chi connectivity index (χ0v) is 12.0. The van der Waals surface area contributed by atoms with E-state index in [0.717, 1.165) is 20.5 Å². The second kappa shape index (κ2) is 5.65. The maximum absolute atomic E-state index is 11.0. The Morgan fingerprint density at radius 1 is 1.53 bits per heavy atom. The molecule has 1 aliphatic heterocycles. The summed E-state index contributed by atoms with van der Waals surface area (Å²) in [6.07, 6.45) is 1.35. The van der Waals surface area contributed by atoms with Crippen LogP contribution in [0.5, 0.6) is 0 Å². The number of pyridine rings is 1. The summed E-state index contributed by atoms with van der Waals surface area (Å²) in [5.74, 6) is 0. The van der Waals surface area contributed by atoms with Gasteiger partial charge >= 0.3 is 109 Å². The third kappa shape index (κ3) is 3.30. The van der Waals surface area contributed by atoms with E-state index in [-0.39, 0.29) is 0 Å². The van der Waals surface area contributed by atoms with Crippen molar-refractivity contribution in [1.82, 2.24) is 4.98 Å². The van der Waals surface area contributed by atoms with Crippen LogP contribution in [-0.2, 0) is 9.95 Å². The molecule has 0 aliphatic carbocycles. The molecular formula is C11H12AsClN2O2. The van der Waals surface area contributed by atoms with Crippen molar-refractivity contribution in [2.75, 3.05) is 6.61 Å². The van der Waals surface area contributed by atoms with Gasteiger partial charge in [-0.15, -0.1) is 0 Å². The van der Waals surface area contributed by atoms with Crippen LogP contribution in [0.1, 0.15) is 12.5 Å². The quantitative estimate of drug-likeness (QED) is 0.633. The van der Waals surface area contributed by atoms with Gasteiger partial charge in [0, 0.05) is 0 Å². The summed E-state index contributed by atoms with van der Waals surface area (Å²) in [7, 11) is 0. The Morgan fingerprint density at radius 2 is 2.35 bits per heavy atom. The van der Waals surface area contributed by atoms with Crippen molar-refractivity contribution in [3.8, 4) is 0 Å². The zero-order valence-electron chi connectivity index (χ0n) is 9.39. The number of rotatable bonds is 4. The summed E-state index contributed by atoms with van der Waals surface area (Å²) in [6, 6.07) is 3.77. The number of aliphatic imine (C=N–C) groups is 1. The van der Waals surface area contributed by atoms with Gasteiger partial charge in [0.25, 0.3) is 0 Å². The van der Waals surface area contributed by atoms with E-state index in [1.165, 1.54) is 0 Å². The summed E-state index contributed by atoms with van der Waals surface area (Å²) < 4.78 is 5.83. The van der Waals surface area contributed by atoms with Crippen molar-refractivity contribution in [1.29, 1.82) is 0 Å². The molecule has 0 aromatic carbocycles. The Kier molecular flexibility index (Phi) is 4.19. The number of carbonyl (C=O) groups excluding carboxylic acids is 1. The molecule has 6 heteroatoms. The zero-order chi connectivity index (χ0) is 12.3. The SMILES string of the molecule is CC[As](Cc1ccc(Cl)nc1)C1=NC(=O)OC1. The van der Waals surface area contributed by atoms with E-state index in [2.05, 4.69) is 16.9 Å². The number of hydrogen-bond donors (Lipinski definition) is 0. The van der Waals surface area contributed by atoms with Crippen LogP contribution in [0.25, 0.3) is 0 Å². The first kappa shape index (κ1) is 12.6. The standard InChI is InChI=1S/C11H12AsClN2O2/c1-2-12(9-7-17-11(16)15-9)5-8-3-4-10(13)14-6-8/h3-4,6H,2,5,7H2,1H3. The van der Waals surface area contributed by atoms with Crippen molar-refractivity contribution in [2.24, 2.45) is 4.99 Å². The predicted molar refractivity (Wildman–Crippen MR) is 68.0 cm³/mol. The van der Waals surface area contributed by atoms with Gasteiger partial charge in [0.05, 0.1) is 0 Å². The molecule has 2 heterocycles. The molecule has 0 radical (unpaired) electrons. The predicted octanol–water partition coefficient (Wildman–Crippen LogP) is 2.46. The molecule has 17 heavy (non-hydrogen) atoms. The molecule has 1 aromatic heterocycles. The average Bonchev–Trinajstić information content (AvgIpc) is 2.75. The molecule has 0 fully saturated rings. The van der Waals surface area contributed by atoms with Crippen LogP contribution < -0.4 is 0 Å². The fourth-order valence-electron chi connectivity index (χ4n) is 1.56. The summed E-state index contributed by atoms with van der Waals surface area (Å²) in [5, 5.41) is 2.51. The van der Waals surface area contributed by atoms with E-state index >= 15 is 0 Å². The molecule has 0 saturated carbocycles. The monoisotopic (exact) mass is 314 g/mol. The molecule has 2 rings (SSSR count). The minimum absolute atomic E-state index is 0.383. The number of carbonyl (C=O) groups is 1. The van der Waals surface area contributed by atoms with Gasteiger partial charge in [-0.1, -0.05) is 0 Å². The van der Waals surface area contributed by atoms with Gasteiger partial charge in [-0.25, -0.2) is 0 Å². The number of hydrogen-bond acceptors (Lipinski definition) is 3. The summed E-state index contributed by atoms with van der Waals surface area (Å²) >= 11 is 4.44. The Hall–Kier alpha value is -0.862. The third-order valence-corrected chi connectivity index (χ3v) is 7.86. The van der Waals surface area contributed by atoms with E-state index < -0.39 is 20.7 Å². The van der Waals surface area contributed by atoms with Gasteiger partial charge in [-0.3, -0.25) is 0 Å². The molecular weight excluding hydrogens is 303 g/mol. The van der Waals surface area contributed by atoms with Crippen LogP contribution in [0.4, 0.5) is 4.79 Å². The number of amides is 1. The molecule has 90 valence electrons. The summed E-state index contributed by atoms with van der Waals surface area (Å²) in [4.78, 5) is 19.0. The Morgan fingerprint density at radius 3 is 2.88 bits per heavy atom. The number of cyclic esters (lactones) is 1. The first-order valence-corrected chi connectivity index (χ1v) is 9.25. The topological polar surface area (TPSA) is 51.5 Å². The second-order valence-electron chi connectivity index (χ2n) is 3.59. The molecule has 0 N–H and O–H groups in total. The van der Waals surface area contributed by atoms with Gasteiger partial charge < -0.3 is 0 Å². The first-order chi connectivity index (χ1) is 8.19. The normalized spacial score (nSPS) is 16.6. The van der Waals surface area contributed by atoms with E-state index in [4.69, 9.17) is 16.3 Å². The van der Waals surface area contributed by atoms with Gasteiger partial charge in [-0.2, -0.15) is 0 Å². The van der Waals surface area contributed by atoms with E-state index in [0.29, 0.717) is 11.8 Å². The Bertz CT molecular complexity index is 447. The minimum atomic E-state index is -1.30. The second-order valence-corrected chi connectivity index (χ2v) is 9.31. The van der Waals surface area contributed by atoms with E-state index in [1.807, 2.05) is 6.07 Å². The molecule has 4 nitrogen and oxygen atoms in total. The molecule has 0 saturated heterocycles. The fourth-order valence-corrected chi connectivity index (χ4v) is 5.60. The van der Waals surface area contributed by atoms with Crippen LogP contribution in [0.3, 0.4) is 0 Å². The van der Waals surface area contributed by atoms with Crippen molar-refractivity contribution in [3.05, 3.63) is 29.0 Å². The molecule has 1 aromatic rings.